The van der Waals surface area contributed by atoms with Crippen molar-refractivity contribution in [2.45, 2.75) is 154 Å². The Kier molecular flexibility index (Phi) is 18.6. The van der Waals surface area contributed by atoms with Crippen LogP contribution >= 0.6 is 0 Å². The maximum atomic E-state index is 5.02. The molecule has 0 atom stereocenters. The zero-order valence-electron chi connectivity index (χ0n) is 69.8. The van der Waals surface area contributed by atoms with E-state index in [2.05, 4.69) is 355 Å². The van der Waals surface area contributed by atoms with Crippen molar-refractivity contribution in [2.24, 2.45) is 45.9 Å². The lowest BCUT2D eigenvalue weighted by Crippen LogP contribution is -2.27. The highest BCUT2D eigenvalue weighted by atomic mass is 15.1. The van der Waals surface area contributed by atoms with Gasteiger partial charge in [-0.2, -0.15) is 17.6 Å². The van der Waals surface area contributed by atoms with Crippen LogP contribution < -0.4 is 18.1 Å². The summed E-state index contributed by atoms with van der Waals surface area (Å²) in [7, 11) is 8.72. The van der Waals surface area contributed by atoms with E-state index in [-0.39, 0.29) is 0 Å². The van der Waals surface area contributed by atoms with Crippen molar-refractivity contribution in [3.8, 4) is 0 Å². The lowest BCUT2D eigenvalue weighted by Gasteiger charge is -2.21. The van der Waals surface area contributed by atoms with E-state index < -0.39 is 0 Å². The molecule has 12 nitrogen and oxygen atoms in total. The van der Waals surface area contributed by atoms with Crippen LogP contribution in [0.4, 0.5) is 0 Å². The van der Waals surface area contributed by atoms with Gasteiger partial charge in [-0.15, -0.1) is 0 Å². The van der Waals surface area contributed by atoms with E-state index in [9.17, 15) is 0 Å². The van der Waals surface area contributed by atoms with E-state index in [1.54, 1.807) is 0 Å². The fourth-order valence-corrected chi connectivity index (χ4v) is 19.9. The standard InChI is InChI=1S/C27H28N3.3C25H26N3/c1-17-15-18(2)28-26-21-11-7-8-12-22(21)30-23-14-13-20(19-9-5-4-6-10-19)16-24(23)29(3)27(30)25(17)26;1-15(2)12-18-10-11-20-19(14-18)24-23(16(3)13-17(4)26-24)25-27(5)21-8-6-7-9-22(21)28(20)25;1-15(2)12-18-10-11-19-22(14-18)28-21-9-7-6-8-20(21)27(5)25(28)23-16(3)13-17(4)26-24(19)23;1-15(2)12-18-10-11-21-22(14-18)28-20-9-7-6-8-19(20)24-23(25(28)27(21)5)16(3)13-17(4)26-24/h7-8,11-16,19H,4-6,9-10H2,1-3H3;3*6-11,13-15H,12H2,1-5H3/q4*+1. The van der Waals surface area contributed by atoms with Gasteiger partial charge in [0.2, 0.25) is 0 Å². The summed E-state index contributed by atoms with van der Waals surface area (Å²) in [5.41, 5.74) is 39.4. The van der Waals surface area contributed by atoms with Gasteiger partial charge in [0.25, 0.3) is 22.6 Å². The minimum atomic E-state index is 0.633. The van der Waals surface area contributed by atoms with Gasteiger partial charge < -0.3 is 0 Å². The number of hydrogen-bond acceptors (Lipinski definition) is 4. The van der Waals surface area contributed by atoms with Crippen LogP contribution in [0, 0.1) is 73.1 Å². The molecule has 1 aliphatic carbocycles. The molecule has 0 saturated heterocycles. The predicted octanol–water partition coefficient (Wildman–Crippen LogP) is 22.6. The van der Waals surface area contributed by atoms with E-state index in [0.29, 0.717) is 23.7 Å². The Hall–Kier alpha value is -11.8. The van der Waals surface area contributed by atoms with Crippen molar-refractivity contribution in [3.63, 3.8) is 0 Å². The maximum Gasteiger partial charge on any atom is 0.297 e. The molecule has 1 fully saturated rings. The normalized spacial score (nSPS) is 13.1. The first-order valence-corrected chi connectivity index (χ1v) is 41.5. The fraction of sp³-hybridized carbons (Fsp3) is 0.294. The van der Waals surface area contributed by atoms with Crippen molar-refractivity contribution in [1.82, 2.24) is 37.7 Å². The number of aryl methyl sites for hydroxylation is 12. The molecular formula is C102H106N12+4. The first-order valence-electron chi connectivity index (χ1n) is 41.5. The lowest BCUT2D eigenvalue weighted by atomic mass is 9.84. The average Bonchev–Trinajstić information content (AvgIpc) is 0.907. The summed E-state index contributed by atoms with van der Waals surface area (Å²) < 4.78 is 19.1. The predicted molar refractivity (Wildman–Crippen MR) is 475 cm³/mol. The van der Waals surface area contributed by atoms with Gasteiger partial charge in [0.05, 0.1) is 71.8 Å². The summed E-state index contributed by atoms with van der Waals surface area (Å²) in [6.07, 6.45) is 10.1. The number of benzene rings is 8. The molecule has 0 N–H and O–H groups in total. The summed E-state index contributed by atoms with van der Waals surface area (Å²) in [5, 5.41) is 9.90. The van der Waals surface area contributed by atoms with Crippen molar-refractivity contribution < 1.29 is 18.1 Å². The quantitative estimate of drug-likeness (QED) is 0.118. The molecule has 20 aromatic rings. The Balaban J connectivity index is 0.000000106. The highest BCUT2D eigenvalue weighted by Gasteiger charge is 2.32. The van der Waals surface area contributed by atoms with E-state index in [1.165, 1.54) is 208 Å². The molecule has 1 aliphatic rings. The van der Waals surface area contributed by atoms with E-state index in [4.69, 9.17) is 19.9 Å². The number of aromatic nitrogens is 12. The number of hydrogen-bond donors (Lipinski definition) is 0. The molecule has 0 spiro atoms. The summed E-state index contributed by atoms with van der Waals surface area (Å²) >= 11 is 0. The molecule has 12 heteroatoms. The summed E-state index contributed by atoms with van der Waals surface area (Å²) in [6, 6.07) is 71.4. The fourth-order valence-electron chi connectivity index (χ4n) is 19.9. The van der Waals surface area contributed by atoms with Crippen LogP contribution in [0.2, 0.25) is 0 Å². The summed E-state index contributed by atoms with van der Waals surface area (Å²) in [6.45, 7) is 30.8. The minimum absolute atomic E-state index is 0.633. The van der Waals surface area contributed by atoms with Crippen molar-refractivity contribution in [1.29, 1.82) is 0 Å². The molecule has 12 aromatic heterocycles. The Morgan fingerprint density at radius 1 is 0.325 bits per heavy atom. The third-order valence-corrected chi connectivity index (χ3v) is 24.5. The monoisotopic (exact) mass is 1500 g/mol. The molecule has 570 valence electrons. The van der Waals surface area contributed by atoms with Crippen molar-refractivity contribution >= 4 is 154 Å². The molecule has 1 saturated carbocycles. The highest BCUT2D eigenvalue weighted by molar-refractivity contribution is 6.15. The Morgan fingerprint density at radius 2 is 0.702 bits per heavy atom. The van der Waals surface area contributed by atoms with Crippen LogP contribution in [0.25, 0.3) is 154 Å². The Labute approximate surface area is 667 Å². The average molecular weight is 1500 g/mol. The smallest absolute Gasteiger partial charge is 0.252 e. The second-order valence-electron chi connectivity index (χ2n) is 34.5. The largest absolute Gasteiger partial charge is 0.297 e. The second kappa shape index (κ2) is 28.7. The van der Waals surface area contributed by atoms with Crippen molar-refractivity contribution in [2.75, 3.05) is 0 Å². The third kappa shape index (κ3) is 12.2. The molecule has 0 amide bonds. The van der Waals surface area contributed by atoms with Gasteiger partial charge >= 0.3 is 0 Å². The van der Waals surface area contributed by atoms with Gasteiger partial charge in [-0.1, -0.05) is 134 Å². The molecular weight excluding hydrogens is 1390 g/mol. The van der Waals surface area contributed by atoms with Gasteiger partial charge in [-0.05, 0) is 277 Å². The zero-order chi connectivity index (χ0) is 79.1. The van der Waals surface area contributed by atoms with Crippen LogP contribution in [-0.4, -0.2) is 37.7 Å². The lowest BCUT2D eigenvalue weighted by molar-refractivity contribution is -0.617. The molecule has 21 rings (SSSR count). The number of rotatable bonds is 7. The zero-order valence-corrected chi connectivity index (χ0v) is 69.8. The number of fused-ring (bicyclic) bond motifs is 32. The van der Waals surface area contributed by atoms with E-state index in [1.807, 2.05) is 0 Å². The van der Waals surface area contributed by atoms with Crippen LogP contribution in [0.1, 0.15) is 147 Å². The number of nitrogens with zero attached hydrogens (tertiary/aromatic N) is 12. The molecule has 8 aromatic carbocycles. The van der Waals surface area contributed by atoms with Gasteiger partial charge in [-0.3, -0.25) is 19.9 Å². The van der Waals surface area contributed by atoms with Crippen molar-refractivity contribution in [3.05, 3.63) is 261 Å². The first kappa shape index (κ1) is 73.7. The van der Waals surface area contributed by atoms with Gasteiger partial charge in [0, 0.05) is 44.3 Å². The molecule has 0 aliphatic heterocycles. The summed E-state index contributed by atoms with van der Waals surface area (Å²) in [4.78, 5) is 20.0. The highest BCUT2D eigenvalue weighted by Crippen LogP contribution is 2.40. The Morgan fingerprint density at radius 3 is 1.23 bits per heavy atom. The van der Waals surface area contributed by atoms with Gasteiger partial charge in [0.15, 0.2) is 44.1 Å². The van der Waals surface area contributed by atoms with E-state index >= 15 is 0 Å². The SMILES string of the molecule is Cc1cc(C)c2c(n1)c1cc(CC(C)C)ccc1n1c3ccccc3[n+](C)c21.Cc1cc(C)c2c(n1)c1ccc(CC(C)C)cc1n1c3ccccc3[n+](C)c21.Cc1cc(C)c2c(n1)c1ccccc1[n+]1c3ccc(C4CCCCC4)cc3n(C)c21.Cc1cc(C)c2c(n1)c1ccccc1n1c3cc(CC(C)C)ccc3[n+](C)c21. The van der Waals surface area contributed by atoms with Crippen LogP contribution in [0.5, 0.6) is 0 Å². The Bertz CT molecular complexity index is 7350. The second-order valence-corrected chi connectivity index (χ2v) is 34.5. The molecule has 0 unspecified atom stereocenters. The number of para-hydroxylation sites is 6. The summed E-state index contributed by atoms with van der Waals surface area (Å²) in [5.74, 6) is 2.62. The van der Waals surface area contributed by atoms with Gasteiger partial charge in [-0.25, -0.2) is 18.3 Å². The molecule has 0 bridgehead atoms. The topological polar surface area (TPSA) is 85.5 Å². The molecule has 12 heterocycles. The number of pyridine rings is 8. The van der Waals surface area contributed by atoms with Crippen LogP contribution in [0.3, 0.4) is 0 Å². The number of imidazole rings is 4. The molecule has 0 radical (unpaired) electrons. The van der Waals surface area contributed by atoms with Crippen LogP contribution in [-0.2, 0) is 47.5 Å². The first-order chi connectivity index (χ1) is 55.0. The van der Waals surface area contributed by atoms with E-state index in [0.717, 1.165) is 64.1 Å². The molecule has 114 heavy (non-hydrogen) atoms. The van der Waals surface area contributed by atoms with Gasteiger partial charge in [0.1, 0.15) is 22.1 Å². The maximum absolute atomic E-state index is 5.02. The van der Waals surface area contributed by atoms with Crippen LogP contribution in [0.15, 0.2) is 194 Å². The third-order valence-electron chi connectivity index (χ3n) is 24.5. The minimum Gasteiger partial charge on any atom is -0.252 e.